The Hall–Kier alpha value is -1.02. The molecule has 3 saturated heterocycles. The van der Waals surface area contributed by atoms with Crippen LogP contribution in [0.25, 0.3) is 0 Å². The molecule has 388 valence electrons. The van der Waals surface area contributed by atoms with Gasteiger partial charge in [0.15, 0.2) is 18.9 Å². The molecule has 0 aromatic carbocycles. The lowest BCUT2D eigenvalue weighted by molar-refractivity contribution is -0.353. The molecule has 7 rings (SSSR count). The molecule has 67 heavy (non-hydrogen) atoms. The van der Waals surface area contributed by atoms with Gasteiger partial charge in [0.1, 0.15) is 73.2 Å². The van der Waals surface area contributed by atoms with Gasteiger partial charge in [-0.15, -0.1) is 0 Å². The average Bonchev–Trinajstić information content (AvgIpc) is 3.66. The van der Waals surface area contributed by atoms with Crippen molar-refractivity contribution >= 4 is 0 Å². The van der Waals surface area contributed by atoms with Crippen LogP contribution in [-0.2, 0) is 28.4 Å². The van der Waals surface area contributed by atoms with E-state index < -0.39 is 158 Å². The van der Waals surface area contributed by atoms with Crippen molar-refractivity contribution in [1.29, 1.82) is 0 Å². The first-order chi connectivity index (χ1) is 31.2. The summed E-state index contributed by atoms with van der Waals surface area (Å²) in [6.07, 6.45) is -19.2. The zero-order valence-electron chi connectivity index (χ0n) is 40.3. The van der Waals surface area contributed by atoms with Gasteiger partial charge in [0.05, 0.1) is 43.7 Å². The third-order valence-electron chi connectivity index (χ3n) is 18.7. The smallest absolute Gasteiger partial charge is 0.187 e. The van der Waals surface area contributed by atoms with Crippen molar-refractivity contribution < 1.29 is 94.8 Å². The lowest BCUT2D eigenvalue weighted by Gasteiger charge is -2.72. The zero-order chi connectivity index (χ0) is 49.5. The van der Waals surface area contributed by atoms with Crippen molar-refractivity contribution in [3.63, 3.8) is 0 Å². The van der Waals surface area contributed by atoms with Crippen LogP contribution in [0.1, 0.15) is 107 Å². The first kappa shape index (κ1) is 53.8. The van der Waals surface area contributed by atoms with E-state index in [1.807, 2.05) is 34.6 Å². The molecule has 4 aliphatic carbocycles. The molecule has 26 atom stereocenters. The van der Waals surface area contributed by atoms with E-state index in [9.17, 15) is 66.4 Å². The molecular weight excluding hydrogens is 881 g/mol. The maximum Gasteiger partial charge on any atom is 0.187 e. The van der Waals surface area contributed by atoms with Gasteiger partial charge in [-0.1, -0.05) is 46.3 Å². The molecule has 13 N–H and O–H groups in total. The van der Waals surface area contributed by atoms with Gasteiger partial charge in [0, 0.05) is 0 Å². The summed E-state index contributed by atoms with van der Waals surface area (Å²) in [4.78, 5) is 0. The topological polar surface area (TPSA) is 318 Å². The maximum atomic E-state index is 12.7. The third-order valence-corrected chi connectivity index (χ3v) is 18.7. The van der Waals surface area contributed by atoms with E-state index in [1.165, 1.54) is 0 Å². The first-order valence-corrected chi connectivity index (χ1v) is 24.5. The van der Waals surface area contributed by atoms with E-state index in [1.54, 1.807) is 0 Å². The van der Waals surface area contributed by atoms with Gasteiger partial charge in [0.2, 0.25) is 0 Å². The molecule has 0 bridgehead atoms. The SMILES string of the molecule is CC(C)=CCC[C@](C)(O[C@H]1O[C@@H](CO[C@H]2O[C@@H](CO)[C@H](O)[C@@H](O)[C@@H]2O)[C@H](O)[C@@H](O)[C@@H]1O)[C@H]1CC[C@]2(C)[C@H]1[C@@H](O)C[C@H]1[C@]3(C)CC[C@H](O)C(C)(C)[C@@H]3[C@H](O[C@H]3O[C@@H](CO)[C@H](O)[C@@H](O)[C@@H]3O)C[C@@]12C. The van der Waals surface area contributed by atoms with E-state index in [4.69, 9.17) is 28.4 Å². The van der Waals surface area contributed by atoms with Crippen LogP contribution in [0, 0.1) is 45.3 Å². The van der Waals surface area contributed by atoms with E-state index in [0.717, 1.165) is 5.57 Å². The molecule has 3 aliphatic heterocycles. The van der Waals surface area contributed by atoms with E-state index >= 15 is 0 Å². The fourth-order valence-electron chi connectivity index (χ4n) is 14.8. The third kappa shape index (κ3) is 9.13. The highest BCUT2D eigenvalue weighted by molar-refractivity contribution is 5.22. The molecule has 0 aromatic rings. The lowest BCUT2D eigenvalue weighted by Crippen LogP contribution is -2.71. The van der Waals surface area contributed by atoms with Crippen LogP contribution in [0.4, 0.5) is 0 Å². The molecule has 4 saturated carbocycles. The van der Waals surface area contributed by atoms with E-state index in [2.05, 4.69) is 26.8 Å². The largest absolute Gasteiger partial charge is 0.394 e. The van der Waals surface area contributed by atoms with Gasteiger partial charge >= 0.3 is 0 Å². The Morgan fingerprint density at radius 3 is 1.78 bits per heavy atom. The zero-order valence-corrected chi connectivity index (χ0v) is 40.3. The number of allylic oxidation sites excluding steroid dienone is 2. The summed E-state index contributed by atoms with van der Waals surface area (Å²) in [5.74, 6) is -1.11. The van der Waals surface area contributed by atoms with Gasteiger partial charge in [-0.2, -0.15) is 0 Å². The van der Waals surface area contributed by atoms with Crippen LogP contribution in [0.15, 0.2) is 11.6 Å². The summed E-state index contributed by atoms with van der Waals surface area (Å²) in [7, 11) is 0. The number of ether oxygens (including phenoxy) is 6. The Morgan fingerprint density at radius 1 is 0.657 bits per heavy atom. The van der Waals surface area contributed by atoms with Gasteiger partial charge < -0.3 is 94.8 Å². The normalized spacial score (nSPS) is 52.9. The molecule has 0 spiro atoms. The van der Waals surface area contributed by atoms with E-state index in [-0.39, 0.29) is 23.7 Å². The second-order valence-electron chi connectivity index (χ2n) is 23.1. The van der Waals surface area contributed by atoms with Gasteiger partial charge in [0.25, 0.3) is 0 Å². The average molecular weight is 963 g/mol. The lowest BCUT2D eigenvalue weighted by atomic mass is 9.34. The molecule has 0 amide bonds. The van der Waals surface area contributed by atoms with Gasteiger partial charge in [-0.05, 0) is 117 Å². The van der Waals surface area contributed by atoms with Crippen molar-refractivity contribution in [3.8, 4) is 0 Å². The fraction of sp³-hybridized carbons (Fsp3) is 0.958. The summed E-state index contributed by atoms with van der Waals surface area (Å²) in [6.45, 7) is 14.7. The molecular formula is C48H82O19. The monoisotopic (exact) mass is 963 g/mol. The number of hydrogen-bond acceptors (Lipinski definition) is 19. The summed E-state index contributed by atoms with van der Waals surface area (Å²) in [5.41, 5.74) is -2.39. The fourth-order valence-corrected chi connectivity index (χ4v) is 14.8. The van der Waals surface area contributed by atoms with Crippen molar-refractivity contribution in [3.05, 3.63) is 11.6 Å². The van der Waals surface area contributed by atoms with Gasteiger partial charge in [-0.25, -0.2) is 0 Å². The highest BCUT2D eigenvalue weighted by atomic mass is 16.7. The number of rotatable bonds is 13. The molecule has 7 aliphatic rings. The quantitative estimate of drug-likeness (QED) is 0.0773. The Balaban J connectivity index is 1.20. The first-order valence-electron chi connectivity index (χ1n) is 24.5. The summed E-state index contributed by atoms with van der Waals surface area (Å²) < 4.78 is 37.1. The molecule has 3 heterocycles. The number of hydrogen-bond donors (Lipinski definition) is 13. The molecule has 0 radical (unpaired) electrons. The van der Waals surface area contributed by atoms with Crippen LogP contribution in [0.2, 0.25) is 0 Å². The van der Waals surface area contributed by atoms with Crippen molar-refractivity contribution in [2.75, 3.05) is 19.8 Å². The summed E-state index contributed by atoms with van der Waals surface area (Å²) >= 11 is 0. The molecule has 7 fully saturated rings. The summed E-state index contributed by atoms with van der Waals surface area (Å²) in [5, 5.41) is 142. The number of aliphatic hydroxyl groups excluding tert-OH is 13. The number of aliphatic hydroxyl groups is 13. The predicted molar refractivity (Wildman–Crippen MR) is 235 cm³/mol. The molecule has 19 heteroatoms. The van der Waals surface area contributed by atoms with Crippen LogP contribution in [0.3, 0.4) is 0 Å². The minimum absolute atomic E-state index is 0.0659. The second-order valence-corrected chi connectivity index (χ2v) is 23.1. The van der Waals surface area contributed by atoms with Crippen molar-refractivity contribution in [1.82, 2.24) is 0 Å². The second kappa shape index (κ2) is 19.8. The highest BCUT2D eigenvalue weighted by Crippen LogP contribution is 2.76. The van der Waals surface area contributed by atoms with E-state index in [0.29, 0.717) is 51.4 Å². The van der Waals surface area contributed by atoms with Crippen LogP contribution >= 0.6 is 0 Å². The van der Waals surface area contributed by atoms with Crippen molar-refractivity contribution in [2.24, 2.45) is 45.3 Å². The maximum absolute atomic E-state index is 12.7. The standard InChI is InChI=1S/C48H82O19/c1-21(2)10-9-13-48(8,67-43-39(61)36(58)33(55)27(66-43)20-62-41-37(59)34(56)31(53)25(18-49)64-41)22-11-15-46(6)30(22)23(51)16-28-45(5)14-12-29(52)44(3,4)40(45)24(17-47(28,46)7)63-42-38(60)35(57)32(54)26(19-50)65-42/h10,22-43,49-61H,9,11-20H2,1-8H3/t22-,23-,24+,25-,26-,27-,28-,29-,30+,31-,32-,33-,34+,35+,36+,37-,38-,39-,40-,41-,42-,43+,45-,46+,47-,48-/m0/s1. The summed E-state index contributed by atoms with van der Waals surface area (Å²) in [6, 6.07) is 0. The molecule has 19 nitrogen and oxygen atoms in total. The minimum Gasteiger partial charge on any atom is -0.394 e. The Bertz CT molecular complexity index is 1710. The van der Waals surface area contributed by atoms with Crippen LogP contribution in [-0.4, -0.2) is 202 Å². The molecule has 0 unspecified atom stereocenters. The Labute approximate surface area is 393 Å². The number of fused-ring (bicyclic) bond motifs is 5. The van der Waals surface area contributed by atoms with Crippen LogP contribution < -0.4 is 0 Å². The Morgan fingerprint density at radius 2 is 1.19 bits per heavy atom. The van der Waals surface area contributed by atoms with Gasteiger partial charge in [-0.3, -0.25) is 0 Å². The van der Waals surface area contributed by atoms with Crippen LogP contribution in [0.5, 0.6) is 0 Å². The minimum atomic E-state index is -1.77. The highest BCUT2D eigenvalue weighted by Gasteiger charge is 2.74. The molecule has 0 aromatic heterocycles. The van der Waals surface area contributed by atoms with Crippen molar-refractivity contribution in [2.45, 2.75) is 223 Å². The predicted octanol–water partition coefficient (Wildman–Crippen LogP) is -1.06. The Kier molecular flexibility index (Phi) is 15.9.